The molecule has 1 fully saturated rings. The van der Waals surface area contributed by atoms with E-state index in [9.17, 15) is 0 Å². The number of benzene rings is 1. The van der Waals surface area contributed by atoms with Crippen molar-refractivity contribution in [1.29, 1.82) is 0 Å². The van der Waals surface area contributed by atoms with Gasteiger partial charge in [0, 0.05) is 16.9 Å². The van der Waals surface area contributed by atoms with E-state index in [-0.39, 0.29) is 0 Å². The lowest BCUT2D eigenvalue weighted by Gasteiger charge is -2.33. The van der Waals surface area contributed by atoms with Gasteiger partial charge in [-0.05, 0) is 18.2 Å². The van der Waals surface area contributed by atoms with E-state index in [0.717, 1.165) is 23.8 Å². The van der Waals surface area contributed by atoms with Crippen molar-refractivity contribution in [2.24, 2.45) is 11.7 Å². The van der Waals surface area contributed by atoms with Gasteiger partial charge >= 0.3 is 0 Å². The SMILES string of the molecule is NCC(c1ccccc1Cl)C1COC1. The molecule has 1 aromatic carbocycles. The number of nitrogens with two attached hydrogens (primary N) is 1. The number of hydrogen-bond acceptors (Lipinski definition) is 2. The van der Waals surface area contributed by atoms with Crippen molar-refractivity contribution in [2.45, 2.75) is 5.92 Å². The molecular formula is C11H14ClNO. The predicted octanol–water partition coefficient (Wildman–Crippen LogP) is 2.03. The van der Waals surface area contributed by atoms with E-state index in [2.05, 4.69) is 6.07 Å². The first-order valence-electron chi connectivity index (χ1n) is 4.85. The molecule has 1 aromatic rings. The molecule has 2 N–H and O–H groups in total. The molecule has 0 bridgehead atoms. The largest absolute Gasteiger partial charge is 0.381 e. The first kappa shape index (κ1) is 9.97. The third-order valence-corrected chi connectivity index (χ3v) is 3.14. The summed E-state index contributed by atoms with van der Waals surface area (Å²) >= 11 is 6.13. The number of ether oxygens (including phenoxy) is 1. The van der Waals surface area contributed by atoms with Gasteiger partial charge in [-0.25, -0.2) is 0 Å². The molecule has 1 unspecified atom stereocenters. The van der Waals surface area contributed by atoms with Gasteiger partial charge in [0.05, 0.1) is 13.2 Å². The molecule has 1 saturated heterocycles. The van der Waals surface area contributed by atoms with Crippen LogP contribution in [0.5, 0.6) is 0 Å². The molecule has 1 heterocycles. The first-order valence-corrected chi connectivity index (χ1v) is 5.23. The van der Waals surface area contributed by atoms with Gasteiger partial charge in [0.2, 0.25) is 0 Å². The van der Waals surface area contributed by atoms with Crippen LogP contribution in [0.3, 0.4) is 0 Å². The fourth-order valence-electron chi connectivity index (χ4n) is 1.84. The maximum Gasteiger partial charge on any atom is 0.0522 e. The molecule has 3 heteroatoms. The average molecular weight is 212 g/mol. The maximum absolute atomic E-state index is 6.13. The zero-order valence-corrected chi connectivity index (χ0v) is 8.70. The Morgan fingerprint density at radius 3 is 2.64 bits per heavy atom. The average Bonchev–Trinajstić information content (AvgIpc) is 2.12. The molecule has 2 nitrogen and oxygen atoms in total. The Kier molecular flexibility index (Phi) is 3.06. The molecule has 0 aromatic heterocycles. The van der Waals surface area contributed by atoms with Crippen molar-refractivity contribution in [3.05, 3.63) is 34.9 Å². The second-order valence-corrected chi connectivity index (χ2v) is 4.07. The molecule has 0 radical (unpaired) electrons. The lowest BCUT2D eigenvalue weighted by molar-refractivity contribution is -0.0437. The van der Waals surface area contributed by atoms with Gasteiger partial charge < -0.3 is 10.5 Å². The molecular weight excluding hydrogens is 198 g/mol. The van der Waals surface area contributed by atoms with E-state index >= 15 is 0 Å². The van der Waals surface area contributed by atoms with Gasteiger partial charge in [-0.15, -0.1) is 0 Å². The molecule has 14 heavy (non-hydrogen) atoms. The van der Waals surface area contributed by atoms with Crippen molar-refractivity contribution >= 4 is 11.6 Å². The van der Waals surface area contributed by atoms with Crippen molar-refractivity contribution in [3.63, 3.8) is 0 Å². The minimum Gasteiger partial charge on any atom is -0.381 e. The monoisotopic (exact) mass is 211 g/mol. The highest BCUT2D eigenvalue weighted by Gasteiger charge is 2.29. The number of halogens is 1. The fraction of sp³-hybridized carbons (Fsp3) is 0.455. The van der Waals surface area contributed by atoms with Crippen molar-refractivity contribution in [1.82, 2.24) is 0 Å². The topological polar surface area (TPSA) is 35.2 Å². The second-order valence-electron chi connectivity index (χ2n) is 3.66. The summed E-state index contributed by atoms with van der Waals surface area (Å²) in [6.07, 6.45) is 0. The molecule has 1 aliphatic heterocycles. The molecule has 2 rings (SSSR count). The van der Waals surface area contributed by atoms with Crippen LogP contribution in [0.15, 0.2) is 24.3 Å². The van der Waals surface area contributed by atoms with Crippen LogP contribution in [0.1, 0.15) is 11.5 Å². The highest BCUT2D eigenvalue weighted by Crippen LogP contribution is 2.33. The number of rotatable bonds is 3. The van der Waals surface area contributed by atoms with Crippen LogP contribution >= 0.6 is 11.6 Å². The molecule has 0 aliphatic carbocycles. The Balaban J connectivity index is 2.22. The van der Waals surface area contributed by atoms with E-state index in [0.29, 0.717) is 18.4 Å². The van der Waals surface area contributed by atoms with Crippen molar-refractivity contribution in [3.8, 4) is 0 Å². The third kappa shape index (κ3) is 1.78. The van der Waals surface area contributed by atoms with E-state index in [4.69, 9.17) is 22.1 Å². The minimum absolute atomic E-state index is 0.345. The standard InChI is InChI=1S/C11H14ClNO/c12-11-4-2-1-3-9(11)10(5-13)8-6-14-7-8/h1-4,8,10H,5-7,13H2. The number of hydrogen-bond donors (Lipinski definition) is 1. The Labute approximate surface area is 89.0 Å². The third-order valence-electron chi connectivity index (χ3n) is 2.79. The van der Waals surface area contributed by atoms with Crippen LogP contribution in [0, 0.1) is 5.92 Å². The lowest BCUT2D eigenvalue weighted by atomic mass is 9.85. The van der Waals surface area contributed by atoms with Crippen LogP contribution in [-0.2, 0) is 4.74 Å². The normalized spacial score (nSPS) is 19.0. The van der Waals surface area contributed by atoms with Gasteiger partial charge in [-0.1, -0.05) is 29.8 Å². The molecule has 1 atom stereocenters. The Bertz CT molecular complexity index is 312. The van der Waals surface area contributed by atoms with Crippen LogP contribution in [0.2, 0.25) is 5.02 Å². The zero-order valence-electron chi connectivity index (χ0n) is 7.95. The lowest BCUT2D eigenvalue weighted by Crippen LogP contribution is -2.36. The zero-order chi connectivity index (χ0) is 9.97. The van der Waals surface area contributed by atoms with Crippen molar-refractivity contribution < 1.29 is 4.74 Å². The molecule has 0 saturated carbocycles. The maximum atomic E-state index is 6.13. The Hall–Kier alpha value is -0.570. The minimum atomic E-state index is 0.345. The van der Waals surface area contributed by atoms with Gasteiger partial charge in [-0.3, -0.25) is 0 Å². The van der Waals surface area contributed by atoms with Gasteiger partial charge in [0.25, 0.3) is 0 Å². The summed E-state index contributed by atoms with van der Waals surface area (Å²) < 4.78 is 5.18. The van der Waals surface area contributed by atoms with Gasteiger partial charge in [0.1, 0.15) is 0 Å². The predicted molar refractivity (Wildman–Crippen MR) is 57.6 cm³/mol. The Morgan fingerprint density at radius 2 is 2.14 bits per heavy atom. The highest BCUT2D eigenvalue weighted by atomic mass is 35.5. The van der Waals surface area contributed by atoms with E-state index in [1.54, 1.807) is 0 Å². The summed E-state index contributed by atoms with van der Waals surface area (Å²) in [6, 6.07) is 7.91. The van der Waals surface area contributed by atoms with Crippen molar-refractivity contribution in [2.75, 3.05) is 19.8 Å². The molecule has 0 spiro atoms. The quantitative estimate of drug-likeness (QED) is 0.831. The smallest absolute Gasteiger partial charge is 0.0522 e. The van der Waals surface area contributed by atoms with Crippen LogP contribution in [0.4, 0.5) is 0 Å². The van der Waals surface area contributed by atoms with E-state index < -0.39 is 0 Å². The van der Waals surface area contributed by atoms with Gasteiger partial charge in [-0.2, -0.15) is 0 Å². The summed E-state index contributed by atoms with van der Waals surface area (Å²) in [5.74, 6) is 0.886. The van der Waals surface area contributed by atoms with Crippen LogP contribution < -0.4 is 5.73 Å². The molecule has 0 amide bonds. The first-order chi connectivity index (χ1) is 6.83. The van der Waals surface area contributed by atoms with Gasteiger partial charge in [0.15, 0.2) is 0 Å². The summed E-state index contributed by atoms with van der Waals surface area (Å²) in [5, 5.41) is 0.815. The second kappa shape index (κ2) is 4.30. The Morgan fingerprint density at radius 1 is 1.43 bits per heavy atom. The van der Waals surface area contributed by atoms with Crippen LogP contribution in [-0.4, -0.2) is 19.8 Å². The fourth-order valence-corrected chi connectivity index (χ4v) is 2.11. The summed E-state index contributed by atoms with van der Waals surface area (Å²) in [6.45, 7) is 2.26. The molecule has 76 valence electrons. The summed E-state index contributed by atoms with van der Waals surface area (Å²) in [5.41, 5.74) is 6.93. The van der Waals surface area contributed by atoms with E-state index in [1.165, 1.54) is 0 Å². The summed E-state index contributed by atoms with van der Waals surface area (Å²) in [7, 11) is 0. The summed E-state index contributed by atoms with van der Waals surface area (Å²) in [4.78, 5) is 0. The van der Waals surface area contributed by atoms with E-state index in [1.807, 2.05) is 18.2 Å². The molecule has 1 aliphatic rings. The highest BCUT2D eigenvalue weighted by molar-refractivity contribution is 6.31. The van der Waals surface area contributed by atoms with Crippen LogP contribution in [0.25, 0.3) is 0 Å².